The average molecular weight is 216 g/mol. The molecule has 4 nitrogen and oxygen atoms in total. The number of ether oxygens (including phenoxy) is 1. The Hall–Kier alpha value is -0.610. The monoisotopic (exact) mass is 216 g/mol. The Morgan fingerprint density at radius 2 is 2.13 bits per heavy atom. The summed E-state index contributed by atoms with van der Waals surface area (Å²) in [5.74, 6) is 0.502. The van der Waals surface area contributed by atoms with E-state index >= 15 is 0 Å². The van der Waals surface area contributed by atoms with Gasteiger partial charge in [0.05, 0.1) is 6.10 Å². The van der Waals surface area contributed by atoms with Gasteiger partial charge in [0.2, 0.25) is 5.91 Å². The first-order chi connectivity index (χ1) is 7.10. The van der Waals surface area contributed by atoms with E-state index < -0.39 is 0 Å². The second-order valence-electron chi connectivity index (χ2n) is 3.95. The Morgan fingerprint density at radius 1 is 1.47 bits per heavy atom. The smallest absolute Gasteiger partial charge is 0.220 e. The van der Waals surface area contributed by atoms with Crippen LogP contribution >= 0.6 is 0 Å². The van der Waals surface area contributed by atoms with Crippen LogP contribution in [0.5, 0.6) is 0 Å². The Bertz CT molecular complexity index is 174. The third kappa shape index (κ3) is 8.39. The van der Waals surface area contributed by atoms with Crippen molar-refractivity contribution < 1.29 is 9.53 Å². The van der Waals surface area contributed by atoms with E-state index in [1.165, 1.54) is 0 Å². The van der Waals surface area contributed by atoms with Crippen molar-refractivity contribution in [3.63, 3.8) is 0 Å². The lowest BCUT2D eigenvalue weighted by atomic mass is 10.1. The van der Waals surface area contributed by atoms with E-state index in [9.17, 15) is 4.79 Å². The highest BCUT2D eigenvalue weighted by molar-refractivity contribution is 5.75. The van der Waals surface area contributed by atoms with Crippen LogP contribution in [0.2, 0.25) is 0 Å². The molecule has 1 amide bonds. The van der Waals surface area contributed by atoms with Gasteiger partial charge in [0.25, 0.3) is 0 Å². The van der Waals surface area contributed by atoms with E-state index in [2.05, 4.69) is 12.2 Å². The van der Waals surface area contributed by atoms with Crippen LogP contribution in [0, 0.1) is 5.92 Å². The molecular weight excluding hydrogens is 192 g/mol. The first kappa shape index (κ1) is 14.4. The summed E-state index contributed by atoms with van der Waals surface area (Å²) in [5, 5.41) is 2.84. The van der Waals surface area contributed by atoms with Crippen molar-refractivity contribution in [3.8, 4) is 0 Å². The van der Waals surface area contributed by atoms with Crippen LogP contribution in [-0.4, -0.2) is 31.7 Å². The van der Waals surface area contributed by atoms with Crippen molar-refractivity contribution in [3.05, 3.63) is 0 Å². The van der Waals surface area contributed by atoms with Gasteiger partial charge in [0.15, 0.2) is 0 Å². The lowest BCUT2D eigenvalue weighted by Crippen LogP contribution is -2.32. The molecule has 0 bridgehead atoms. The van der Waals surface area contributed by atoms with E-state index in [4.69, 9.17) is 10.5 Å². The van der Waals surface area contributed by atoms with Gasteiger partial charge in [0.1, 0.15) is 0 Å². The Kier molecular flexibility index (Phi) is 8.33. The number of nitrogens with one attached hydrogen (secondary N) is 1. The molecule has 0 fully saturated rings. The summed E-state index contributed by atoms with van der Waals surface area (Å²) in [6.07, 6.45) is 1.49. The van der Waals surface area contributed by atoms with Gasteiger partial charge in [-0.05, 0) is 32.7 Å². The number of amides is 1. The first-order valence-electron chi connectivity index (χ1n) is 5.68. The van der Waals surface area contributed by atoms with Gasteiger partial charge in [-0.25, -0.2) is 0 Å². The lowest BCUT2D eigenvalue weighted by Gasteiger charge is -2.13. The molecule has 0 saturated carbocycles. The molecule has 0 aromatic rings. The minimum absolute atomic E-state index is 0.0850. The molecule has 0 aliphatic rings. The van der Waals surface area contributed by atoms with Crippen LogP contribution in [-0.2, 0) is 9.53 Å². The predicted octanol–water partition coefficient (Wildman–Crippen LogP) is 0.903. The third-order valence-electron chi connectivity index (χ3n) is 2.30. The second kappa shape index (κ2) is 8.68. The summed E-state index contributed by atoms with van der Waals surface area (Å²) in [4.78, 5) is 11.4. The second-order valence-corrected chi connectivity index (χ2v) is 3.95. The van der Waals surface area contributed by atoms with E-state index in [0.29, 0.717) is 32.0 Å². The van der Waals surface area contributed by atoms with Crippen molar-refractivity contribution in [2.75, 3.05) is 19.7 Å². The van der Waals surface area contributed by atoms with Gasteiger partial charge < -0.3 is 15.8 Å². The van der Waals surface area contributed by atoms with E-state index in [0.717, 1.165) is 6.42 Å². The number of carbonyl (C=O) groups excluding carboxylic acids is 1. The van der Waals surface area contributed by atoms with Crippen LogP contribution < -0.4 is 11.1 Å². The Morgan fingerprint density at radius 3 is 2.67 bits per heavy atom. The van der Waals surface area contributed by atoms with Crippen molar-refractivity contribution in [2.24, 2.45) is 11.7 Å². The molecule has 4 heteroatoms. The van der Waals surface area contributed by atoms with Gasteiger partial charge in [-0.3, -0.25) is 4.79 Å². The molecule has 0 rings (SSSR count). The summed E-state index contributed by atoms with van der Waals surface area (Å²) in [6, 6.07) is 0. The average Bonchev–Trinajstić information content (AvgIpc) is 2.23. The van der Waals surface area contributed by atoms with Crippen molar-refractivity contribution in [1.29, 1.82) is 0 Å². The molecular formula is C11H24N2O2. The van der Waals surface area contributed by atoms with E-state index in [1.54, 1.807) is 0 Å². The van der Waals surface area contributed by atoms with Crippen molar-refractivity contribution in [2.45, 2.75) is 39.7 Å². The summed E-state index contributed by atoms with van der Waals surface area (Å²) < 4.78 is 5.30. The number of rotatable bonds is 8. The quantitative estimate of drug-likeness (QED) is 0.633. The first-order valence-corrected chi connectivity index (χ1v) is 5.68. The SMILES string of the molecule is CCOC(C)CNC(=O)CCC(C)CN. The molecule has 0 spiro atoms. The molecule has 0 heterocycles. The molecule has 0 radical (unpaired) electrons. The topological polar surface area (TPSA) is 64.3 Å². The fraction of sp³-hybridized carbons (Fsp3) is 0.909. The molecule has 0 aromatic heterocycles. The molecule has 0 aliphatic carbocycles. The standard InChI is InChI=1S/C11H24N2O2/c1-4-15-10(3)8-13-11(14)6-5-9(2)7-12/h9-10H,4-8,12H2,1-3H3,(H,13,14). The third-order valence-corrected chi connectivity index (χ3v) is 2.30. The van der Waals surface area contributed by atoms with Gasteiger partial charge in [0, 0.05) is 19.6 Å². The minimum atomic E-state index is 0.0850. The summed E-state index contributed by atoms with van der Waals surface area (Å²) in [7, 11) is 0. The summed E-state index contributed by atoms with van der Waals surface area (Å²) in [5.41, 5.74) is 5.47. The molecule has 2 atom stereocenters. The summed E-state index contributed by atoms with van der Waals surface area (Å²) in [6.45, 7) is 7.86. The maximum absolute atomic E-state index is 11.4. The number of hydrogen-bond donors (Lipinski definition) is 2. The highest BCUT2D eigenvalue weighted by Crippen LogP contribution is 2.02. The van der Waals surface area contributed by atoms with Crippen molar-refractivity contribution in [1.82, 2.24) is 5.32 Å². The van der Waals surface area contributed by atoms with Gasteiger partial charge in [-0.2, -0.15) is 0 Å². The van der Waals surface area contributed by atoms with Crippen LogP contribution in [0.15, 0.2) is 0 Å². The van der Waals surface area contributed by atoms with Crippen LogP contribution in [0.25, 0.3) is 0 Å². The normalized spacial score (nSPS) is 14.7. The molecule has 90 valence electrons. The van der Waals surface area contributed by atoms with Gasteiger partial charge >= 0.3 is 0 Å². The van der Waals surface area contributed by atoms with E-state index in [1.807, 2.05) is 13.8 Å². The maximum Gasteiger partial charge on any atom is 0.220 e. The molecule has 0 aliphatic heterocycles. The molecule has 3 N–H and O–H groups in total. The predicted molar refractivity (Wildman–Crippen MR) is 61.6 cm³/mol. The van der Waals surface area contributed by atoms with E-state index in [-0.39, 0.29) is 12.0 Å². The van der Waals surface area contributed by atoms with Gasteiger partial charge in [-0.1, -0.05) is 6.92 Å². The highest BCUT2D eigenvalue weighted by Gasteiger charge is 2.07. The maximum atomic E-state index is 11.4. The van der Waals surface area contributed by atoms with Crippen LogP contribution in [0.1, 0.15) is 33.6 Å². The number of nitrogens with two attached hydrogens (primary N) is 1. The molecule has 0 saturated heterocycles. The Balaban J connectivity index is 3.48. The highest BCUT2D eigenvalue weighted by atomic mass is 16.5. The van der Waals surface area contributed by atoms with Crippen LogP contribution in [0.4, 0.5) is 0 Å². The summed E-state index contributed by atoms with van der Waals surface area (Å²) >= 11 is 0. The van der Waals surface area contributed by atoms with Crippen LogP contribution in [0.3, 0.4) is 0 Å². The fourth-order valence-electron chi connectivity index (χ4n) is 1.18. The molecule has 2 unspecified atom stereocenters. The zero-order valence-corrected chi connectivity index (χ0v) is 10.1. The Labute approximate surface area is 92.6 Å². The van der Waals surface area contributed by atoms with Crippen molar-refractivity contribution >= 4 is 5.91 Å². The fourth-order valence-corrected chi connectivity index (χ4v) is 1.18. The molecule has 0 aromatic carbocycles. The minimum Gasteiger partial charge on any atom is -0.377 e. The lowest BCUT2D eigenvalue weighted by molar-refractivity contribution is -0.121. The van der Waals surface area contributed by atoms with Gasteiger partial charge in [-0.15, -0.1) is 0 Å². The largest absolute Gasteiger partial charge is 0.377 e. The number of hydrogen-bond acceptors (Lipinski definition) is 3. The molecule has 15 heavy (non-hydrogen) atoms. The number of carbonyl (C=O) groups is 1. The zero-order chi connectivity index (χ0) is 11.7. The zero-order valence-electron chi connectivity index (χ0n) is 10.1.